The summed E-state index contributed by atoms with van der Waals surface area (Å²) in [4.78, 5) is 39.8. The van der Waals surface area contributed by atoms with E-state index in [1.165, 1.54) is 30.5 Å². The standard InChI is InChI=1S/C21H19F3N2O5/c1-19(2)9-13-16(14(27)10-19)20(21(22,23)24,25-17(28)15-6-4-8-31-15)18(29)26(13)11-12-5-3-7-30-12/h3-8H,9-11H2,1-2H3,(H,25,28)/t20-/m0/s1. The molecule has 2 aromatic rings. The van der Waals surface area contributed by atoms with E-state index in [1.54, 1.807) is 19.2 Å². The van der Waals surface area contributed by atoms with Crippen LogP contribution in [-0.4, -0.2) is 34.2 Å². The molecular weight excluding hydrogens is 417 g/mol. The molecule has 2 amide bonds. The summed E-state index contributed by atoms with van der Waals surface area (Å²) in [6.45, 7) is 3.17. The smallest absolute Gasteiger partial charge is 0.425 e. The predicted molar refractivity (Wildman–Crippen MR) is 99.3 cm³/mol. The fourth-order valence-electron chi connectivity index (χ4n) is 4.19. The minimum Gasteiger partial charge on any atom is -0.467 e. The molecule has 31 heavy (non-hydrogen) atoms. The zero-order valence-electron chi connectivity index (χ0n) is 16.7. The van der Waals surface area contributed by atoms with Crippen LogP contribution in [0.2, 0.25) is 0 Å². The average Bonchev–Trinajstić information content (AvgIpc) is 3.38. The fraction of sp³-hybridized carbons (Fsp3) is 0.381. The summed E-state index contributed by atoms with van der Waals surface area (Å²) in [7, 11) is 0. The van der Waals surface area contributed by atoms with Crippen LogP contribution in [0.25, 0.3) is 0 Å². The van der Waals surface area contributed by atoms with Gasteiger partial charge in [0.2, 0.25) is 5.54 Å². The minimum atomic E-state index is -5.28. The Morgan fingerprint density at radius 2 is 1.81 bits per heavy atom. The third-order valence-electron chi connectivity index (χ3n) is 5.48. The molecule has 0 saturated heterocycles. The van der Waals surface area contributed by atoms with Crippen molar-refractivity contribution in [2.75, 3.05) is 0 Å². The number of hydrogen-bond acceptors (Lipinski definition) is 5. The van der Waals surface area contributed by atoms with Crippen LogP contribution in [0.3, 0.4) is 0 Å². The highest BCUT2D eigenvalue weighted by molar-refractivity contribution is 6.14. The summed E-state index contributed by atoms with van der Waals surface area (Å²) in [5, 5.41) is 1.79. The molecule has 10 heteroatoms. The van der Waals surface area contributed by atoms with Crippen molar-refractivity contribution in [3.63, 3.8) is 0 Å². The quantitative estimate of drug-likeness (QED) is 0.791. The molecule has 0 aromatic carbocycles. The van der Waals surface area contributed by atoms with E-state index in [0.717, 1.165) is 11.2 Å². The Hall–Kier alpha value is -3.30. The number of allylic oxidation sites excluding steroid dienone is 1. The number of alkyl halides is 3. The maximum Gasteiger partial charge on any atom is 0.425 e. The largest absolute Gasteiger partial charge is 0.467 e. The van der Waals surface area contributed by atoms with E-state index in [4.69, 9.17) is 8.83 Å². The Bertz CT molecular complexity index is 1070. The van der Waals surface area contributed by atoms with Gasteiger partial charge in [0.25, 0.3) is 11.8 Å². The van der Waals surface area contributed by atoms with Crippen molar-refractivity contribution in [2.45, 2.75) is 44.9 Å². The van der Waals surface area contributed by atoms with Crippen LogP contribution in [0, 0.1) is 5.41 Å². The van der Waals surface area contributed by atoms with E-state index >= 15 is 0 Å². The summed E-state index contributed by atoms with van der Waals surface area (Å²) in [5.41, 5.74) is -4.97. The molecule has 1 aliphatic carbocycles. The van der Waals surface area contributed by atoms with Gasteiger partial charge in [-0.25, -0.2) is 0 Å². The number of nitrogens with one attached hydrogen (secondary N) is 1. The number of Topliss-reactive ketones (excluding diaryl/α,β-unsaturated/α-hetero) is 1. The molecule has 2 aliphatic rings. The average molecular weight is 436 g/mol. The van der Waals surface area contributed by atoms with Crippen molar-refractivity contribution < 1.29 is 36.4 Å². The van der Waals surface area contributed by atoms with E-state index in [2.05, 4.69) is 0 Å². The Morgan fingerprint density at radius 3 is 2.39 bits per heavy atom. The molecule has 164 valence electrons. The van der Waals surface area contributed by atoms with Gasteiger partial charge in [0.05, 0.1) is 24.6 Å². The zero-order chi connectivity index (χ0) is 22.6. The van der Waals surface area contributed by atoms with Crippen molar-refractivity contribution in [1.29, 1.82) is 0 Å². The molecule has 1 atom stereocenters. The summed E-state index contributed by atoms with van der Waals surface area (Å²) in [6, 6.07) is 5.55. The second kappa shape index (κ2) is 6.86. The van der Waals surface area contributed by atoms with Crippen LogP contribution < -0.4 is 5.32 Å². The molecule has 0 radical (unpaired) electrons. The van der Waals surface area contributed by atoms with Gasteiger partial charge in [0, 0.05) is 12.1 Å². The molecule has 4 rings (SSSR count). The van der Waals surface area contributed by atoms with Crippen LogP contribution in [0.4, 0.5) is 13.2 Å². The minimum absolute atomic E-state index is 0.0506. The lowest BCUT2D eigenvalue weighted by Gasteiger charge is -2.35. The SMILES string of the molecule is CC1(C)CC(=O)C2=C(C1)N(Cc1ccco1)C(=O)[C@]2(NC(=O)c1ccco1)C(F)(F)F. The summed E-state index contributed by atoms with van der Waals surface area (Å²) in [5.74, 6) is -3.70. The van der Waals surface area contributed by atoms with Gasteiger partial charge in [-0.2, -0.15) is 13.2 Å². The zero-order valence-corrected chi connectivity index (χ0v) is 16.7. The number of halogens is 3. The first-order valence-corrected chi connectivity index (χ1v) is 9.50. The highest BCUT2D eigenvalue weighted by Gasteiger charge is 2.71. The number of rotatable bonds is 4. The predicted octanol–water partition coefficient (Wildman–Crippen LogP) is 3.59. The lowest BCUT2D eigenvalue weighted by Crippen LogP contribution is -2.66. The summed E-state index contributed by atoms with van der Waals surface area (Å²) in [6.07, 6.45) is -2.97. The third-order valence-corrected chi connectivity index (χ3v) is 5.48. The molecule has 0 saturated carbocycles. The number of carbonyl (C=O) groups is 3. The first kappa shape index (κ1) is 21.0. The first-order chi connectivity index (χ1) is 14.5. The van der Waals surface area contributed by atoms with Gasteiger partial charge >= 0.3 is 6.18 Å². The van der Waals surface area contributed by atoms with E-state index < -0.39 is 46.1 Å². The summed E-state index contributed by atoms with van der Waals surface area (Å²) < 4.78 is 53.8. The van der Waals surface area contributed by atoms with Gasteiger partial charge in [-0.05, 0) is 36.1 Å². The van der Waals surface area contributed by atoms with Gasteiger partial charge in [-0.1, -0.05) is 13.8 Å². The fourth-order valence-corrected chi connectivity index (χ4v) is 4.19. The molecule has 0 bridgehead atoms. The third kappa shape index (κ3) is 3.26. The monoisotopic (exact) mass is 436 g/mol. The molecule has 1 N–H and O–H groups in total. The van der Waals surface area contributed by atoms with Crippen LogP contribution >= 0.6 is 0 Å². The van der Waals surface area contributed by atoms with E-state index in [-0.39, 0.29) is 30.8 Å². The van der Waals surface area contributed by atoms with Crippen molar-refractivity contribution in [2.24, 2.45) is 5.41 Å². The molecule has 0 fully saturated rings. The van der Waals surface area contributed by atoms with Crippen LogP contribution in [0.1, 0.15) is 43.0 Å². The second-order valence-electron chi connectivity index (χ2n) is 8.41. The topological polar surface area (TPSA) is 92.8 Å². The van der Waals surface area contributed by atoms with E-state index in [1.807, 2.05) is 0 Å². The highest BCUT2D eigenvalue weighted by Crippen LogP contribution is 2.52. The lowest BCUT2D eigenvalue weighted by atomic mass is 9.72. The van der Waals surface area contributed by atoms with Crippen molar-refractivity contribution >= 4 is 17.6 Å². The highest BCUT2D eigenvalue weighted by atomic mass is 19.4. The number of carbonyl (C=O) groups excluding carboxylic acids is 3. The Labute approximate surface area is 174 Å². The van der Waals surface area contributed by atoms with Crippen LogP contribution in [-0.2, 0) is 16.1 Å². The second-order valence-corrected chi connectivity index (χ2v) is 8.41. The van der Waals surface area contributed by atoms with Crippen molar-refractivity contribution in [3.05, 3.63) is 59.6 Å². The molecule has 0 spiro atoms. The van der Waals surface area contributed by atoms with Crippen LogP contribution in [0.15, 0.2) is 56.9 Å². The van der Waals surface area contributed by atoms with Gasteiger partial charge in [-0.15, -0.1) is 0 Å². The number of furan rings is 2. The Kier molecular flexibility index (Phi) is 4.64. The first-order valence-electron chi connectivity index (χ1n) is 9.50. The lowest BCUT2D eigenvalue weighted by molar-refractivity contribution is -0.191. The number of nitrogens with zero attached hydrogens (tertiary/aromatic N) is 1. The van der Waals surface area contributed by atoms with Gasteiger partial charge in [0.15, 0.2) is 11.5 Å². The summed E-state index contributed by atoms with van der Waals surface area (Å²) >= 11 is 0. The molecular formula is C21H19F3N2O5. The maximum absolute atomic E-state index is 14.6. The van der Waals surface area contributed by atoms with Crippen molar-refractivity contribution in [1.82, 2.24) is 10.2 Å². The maximum atomic E-state index is 14.6. The molecule has 3 heterocycles. The normalized spacial score (nSPS) is 23.3. The van der Waals surface area contributed by atoms with Crippen LogP contribution in [0.5, 0.6) is 0 Å². The van der Waals surface area contributed by atoms with Gasteiger partial charge in [0.1, 0.15) is 5.76 Å². The molecule has 7 nitrogen and oxygen atoms in total. The molecule has 0 unspecified atom stereocenters. The van der Waals surface area contributed by atoms with Gasteiger partial charge in [-0.3, -0.25) is 14.4 Å². The van der Waals surface area contributed by atoms with Gasteiger partial charge < -0.3 is 19.1 Å². The number of amides is 2. The number of ketones is 1. The Morgan fingerprint density at radius 1 is 1.13 bits per heavy atom. The van der Waals surface area contributed by atoms with Crippen molar-refractivity contribution in [3.8, 4) is 0 Å². The molecule has 2 aromatic heterocycles. The van der Waals surface area contributed by atoms with E-state index in [9.17, 15) is 27.6 Å². The Balaban J connectivity index is 1.88. The molecule has 1 aliphatic heterocycles. The number of hydrogen-bond donors (Lipinski definition) is 1. The van der Waals surface area contributed by atoms with E-state index in [0.29, 0.717) is 0 Å².